The van der Waals surface area contributed by atoms with E-state index >= 15 is 0 Å². The van der Waals surface area contributed by atoms with Crippen molar-refractivity contribution < 1.29 is 9.09 Å². The molecule has 0 aliphatic carbocycles. The molecule has 2 aliphatic heterocycles. The molecular weight excluding hydrogens is 379 g/mol. The molecule has 0 amide bonds. The van der Waals surface area contributed by atoms with Gasteiger partial charge in [0.05, 0.1) is 11.3 Å². The van der Waals surface area contributed by atoms with Crippen LogP contribution in [0, 0.1) is 0 Å². The minimum absolute atomic E-state index is 0.0451. The topological polar surface area (TPSA) is 50.4 Å². The Bertz CT molecular complexity index is 696. The van der Waals surface area contributed by atoms with E-state index in [-0.39, 0.29) is 33.5 Å². The summed E-state index contributed by atoms with van der Waals surface area (Å²) in [7, 11) is -2.99. The van der Waals surface area contributed by atoms with E-state index in [0.717, 1.165) is 31.4 Å². The number of piperidine rings is 2. The van der Waals surface area contributed by atoms with Crippen molar-refractivity contribution in [2.24, 2.45) is 0 Å². The summed E-state index contributed by atoms with van der Waals surface area (Å²) in [4.78, 5) is 0. The fourth-order valence-electron chi connectivity index (χ4n) is 6.14. The Hall–Kier alpha value is -0.830. The van der Waals surface area contributed by atoms with Crippen LogP contribution in [-0.4, -0.2) is 33.5 Å². The van der Waals surface area contributed by atoms with E-state index in [0.29, 0.717) is 0 Å². The Morgan fingerprint density at radius 1 is 0.724 bits per heavy atom. The van der Waals surface area contributed by atoms with Crippen LogP contribution >= 0.6 is 7.37 Å². The molecular formula is C24H41N2O2P. The van der Waals surface area contributed by atoms with E-state index in [2.05, 4.69) is 66.0 Å². The Labute approximate surface area is 178 Å². The number of nitrogens with one attached hydrogen (secondary N) is 2. The highest BCUT2D eigenvalue weighted by Crippen LogP contribution is 2.64. The Kier molecular flexibility index (Phi) is 5.82. The maximum Gasteiger partial charge on any atom is 0.254 e. The van der Waals surface area contributed by atoms with Gasteiger partial charge < -0.3 is 15.2 Å². The normalized spacial score (nSPS) is 26.8. The molecule has 4 nitrogen and oxygen atoms in total. The molecule has 0 spiro atoms. The third kappa shape index (κ3) is 5.46. The molecule has 0 unspecified atom stereocenters. The molecule has 2 heterocycles. The van der Waals surface area contributed by atoms with Crippen LogP contribution in [0.4, 0.5) is 0 Å². The first-order valence-electron chi connectivity index (χ1n) is 11.0. The number of benzene rings is 1. The van der Waals surface area contributed by atoms with Crippen molar-refractivity contribution in [3.05, 3.63) is 30.3 Å². The molecule has 0 aromatic heterocycles. The summed E-state index contributed by atoms with van der Waals surface area (Å²) in [5.41, 5.74) is -0.187. The first-order chi connectivity index (χ1) is 13.1. The molecule has 29 heavy (non-hydrogen) atoms. The summed E-state index contributed by atoms with van der Waals surface area (Å²) in [5.74, 6) is 0.735. The number of para-hydroxylation sites is 1. The van der Waals surface area contributed by atoms with E-state index in [1.54, 1.807) is 0 Å². The van der Waals surface area contributed by atoms with Gasteiger partial charge in [-0.05, 0) is 93.2 Å². The van der Waals surface area contributed by atoms with Crippen molar-refractivity contribution in [1.82, 2.24) is 10.6 Å². The molecule has 0 radical (unpaired) electrons. The molecule has 0 atom stereocenters. The molecule has 164 valence electrons. The van der Waals surface area contributed by atoms with Gasteiger partial charge in [0.15, 0.2) is 0 Å². The zero-order valence-electron chi connectivity index (χ0n) is 19.6. The van der Waals surface area contributed by atoms with Crippen LogP contribution in [0.1, 0.15) is 81.1 Å². The molecule has 5 heteroatoms. The summed E-state index contributed by atoms with van der Waals surface area (Å²) in [6, 6.07) is 9.80. The number of hydrogen-bond acceptors (Lipinski definition) is 4. The van der Waals surface area contributed by atoms with Crippen LogP contribution in [-0.2, 0) is 4.57 Å². The molecule has 0 saturated carbocycles. The minimum Gasteiger partial charge on any atom is -0.442 e. The highest BCUT2D eigenvalue weighted by atomic mass is 31.2. The van der Waals surface area contributed by atoms with Crippen molar-refractivity contribution in [1.29, 1.82) is 0 Å². The van der Waals surface area contributed by atoms with E-state index in [4.69, 9.17) is 4.52 Å². The van der Waals surface area contributed by atoms with E-state index < -0.39 is 7.37 Å². The van der Waals surface area contributed by atoms with E-state index in [1.165, 1.54) is 0 Å². The lowest BCUT2D eigenvalue weighted by Crippen LogP contribution is -2.61. The van der Waals surface area contributed by atoms with Crippen molar-refractivity contribution in [3.8, 4) is 5.75 Å². The predicted molar refractivity (Wildman–Crippen MR) is 123 cm³/mol. The Morgan fingerprint density at radius 3 is 1.41 bits per heavy atom. The standard InChI is InChI=1S/C24H41N2O2P/c1-21(2)14-19(15-22(3,4)25-21)29(27,28-18-12-10-9-11-13-18)20-16-23(5,6)26-24(7,8)17-20/h9-13,19-20,25-26H,14-17H2,1-8H3. The maximum absolute atomic E-state index is 15.0. The Balaban J connectivity index is 2.03. The van der Waals surface area contributed by atoms with Gasteiger partial charge in [0.1, 0.15) is 5.75 Å². The molecule has 2 fully saturated rings. The average molecular weight is 421 g/mol. The van der Waals surface area contributed by atoms with E-state index in [1.807, 2.05) is 30.3 Å². The van der Waals surface area contributed by atoms with Gasteiger partial charge in [0.25, 0.3) is 7.37 Å². The van der Waals surface area contributed by atoms with E-state index in [9.17, 15) is 4.57 Å². The third-order valence-corrected chi connectivity index (χ3v) is 9.61. The lowest BCUT2D eigenvalue weighted by atomic mass is 9.82. The van der Waals surface area contributed by atoms with Crippen LogP contribution in [0.15, 0.2) is 30.3 Å². The second-order valence-corrected chi connectivity index (χ2v) is 14.9. The smallest absolute Gasteiger partial charge is 0.254 e. The summed E-state index contributed by atoms with van der Waals surface area (Å²) in [6.07, 6.45) is 3.47. The van der Waals surface area contributed by atoms with Crippen LogP contribution < -0.4 is 15.2 Å². The lowest BCUT2D eigenvalue weighted by Gasteiger charge is -2.52. The molecule has 1 aromatic carbocycles. The number of hydrogen-bond donors (Lipinski definition) is 2. The zero-order chi connectivity index (χ0) is 21.7. The van der Waals surface area contributed by atoms with Gasteiger partial charge in [-0.2, -0.15) is 0 Å². The molecule has 0 bridgehead atoms. The summed E-state index contributed by atoms with van der Waals surface area (Å²) in [6.45, 7) is 17.8. The molecule has 2 N–H and O–H groups in total. The highest BCUT2D eigenvalue weighted by molar-refractivity contribution is 7.61. The lowest BCUT2D eigenvalue weighted by molar-refractivity contribution is 0.165. The van der Waals surface area contributed by atoms with Crippen LogP contribution in [0.25, 0.3) is 0 Å². The summed E-state index contributed by atoms with van der Waals surface area (Å²) >= 11 is 0. The van der Waals surface area contributed by atoms with Crippen molar-refractivity contribution in [2.45, 2.75) is 115 Å². The minimum atomic E-state index is -2.99. The number of rotatable bonds is 4. The SMILES string of the molecule is CC1(C)CC(P(=O)(Oc2ccccc2)C2CC(C)(C)NC(C)(C)C2)CC(C)(C)N1. The van der Waals surface area contributed by atoms with Gasteiger partial charge in [-0.25, -0.2) is 0 Å². The average Bonchev–Trinajstić information content (AvgIpc) is 2.49. The fourth-order valence-corrected chi connectivity index (χ4v) is 10.3. The molecule has 1 aromatic rings. The molecule has 3 rings (SSSR count). The van der Waals surface area contributed by atoms with Gasteiger partial charge in [-0.1, -0.05) is 18.2 Å². The zero-order valence-corrected chi connectivity index (χ0v) is 20.5. The quantitative estimate of drug-likeness (QED) is 0.590. The second-order valence-electron chi connectivity index (χ2n) is 12.0. The van der Waals surface area contributed by atoms with Crippen LogP contribution in [0.5, 0.6) is 5.75 Å². The summed E-state index contributed by atoms with van der Waals surface area (Å²) in [5, 5.41) is 7.49. The van der Waals surface area contributed by atoms with Gasteiger partial charge >= 0.3 is 0 Å². The van der Waals surface area contributed by atoms with Gasteiger partial charge in [0, 0.05) is 22.2 Å². The highest BCUT2D eigenvalue weighted by Gasteiger charge is 2.54. The molecule has 2 saturated heterocycles. The summed E-state index contributed by atoms with van der Waals surface area (Å²) < 4.78 is 21.5. The fraction of sp³-hybridized carbons (Fsp3) is 0.750. The Morgan fingerprint density at radius 2 is 1.07 bits per heavy atom. The predicted octanol–water partition coefficient (Wildman–Crippen LogP) is 5.96. The largest absolute Gasteiger partial charge is 0.442 e. The maximum atomic E-state index is 15.0. The van der Waals surface area contributed by atoms with Crippen LogP contribution in [0.3, 0.4) is 0 Å². The van der Waals surface area contributed by atoms with Gasteiger partial charge in [-0.15, -0.1) is 0 Å². The van der Waals surface area contributed by atoms with Crippen molar-refractivity contribution >= 4 is 7.37 Å². The first-order valence-corrected chi connectivity index (χ1v) is 12.8. The third-order valence-electron chi connectivity index (χ3n) is 6.35. The van der Waals surface area contributed by atoms with Gasteiger partial charge in [0.2, 0.25) is 0 Å². The first kappa shape index (κ1) is 22.8. The molecule has 2 aliphatic rings. The van der Waals surface area contributed by atoms with Crippen molar-refractivity contribution in [3.63, 3.8) is 0 Å². The van der Waals surface area contributed by atoms with Crippen molar-refractivity contribution in [2.75, 3.05) is 0 Å². The van der Waals surface area contributed by atoms with Gasteiger partial charge in [-0.3, -0.25) is 4.57 Å². The van der Waals surface area contributed by atoms with Crippen LogP contribution in [0.2, 0.25) is 0 Å². The monoisotopic (exact) mass is 420 g/mol. The second kappa shape index (κ2) is 7.39.